The van der Waals surface area contributed by atoms with Crippen LogP contribution in [-0.2, 0) is 720 Å². The van der Waals surface area contributed by atoms with Crippen molar-refractivity contribution in [3.8, 4) is 0 Å². The largest absolute Gasteiger partial charge is 0.358 e. The first-order valence-corrected chi connectivity index (χ1v) is 0. The molecule has 0 aliphatic rings. The Morgan fingerprint density at radius 3 is 0.0870 bits per heavy atom. The topological polar surface area (TPSA) is 0 Å². The molecule has 0 unspecified atom stereocenters. The van der Waals surface area contributed by atoms with Crippen molar-refractivity contribution in [3.05, 3.63) is 7.43 Å². The first kappa shape index (κ1) is 172. The van der Waals surface area contributed by atoms with Gasteiger partial charge in [-0.25, -0.2) is 0 Å². The minimum atomic E-state index is 0. The molecule has 0 aliphatic heterocycles. The van der Waals surface area contributed by atoms with E-state index in [1.165, 1.54) is 0 Å². The molecule has 23 heavy (non-hydrogen) atoms. The van der Waals surface area contributed by atoms with Gasteiger partial charge in [0.05, 0.1) is 0 Å². The second-order valence-corrected chi connectivity index (χ2v) is 0. The summed E-state index contributed by atoms with van der Waals surface area (Å²) in [7, 11) is 0. The monoisotopic (exact) mass is 1970 g/mol. The molecule has 0 aromatic heterocycles. The van der Waals surface area contributed by atoms with Crippen LogP contribution in [0.15, 0.2) is 0 Å². The maximum atomic E-state index is 0. The second kappa shape index (κ2) is 161. The Bertz CT molecular complexity index is 5.93. The van der Waals surface area contributed by atoms with Gasteiger partial charge < -0.3 is 7.43 Å². The van der Waals surface area contributed by atoms with Crippen LogP contribution in [0.1, 0.15) is 0 Å². The van der Waals surface area contributed by atoms with E-state index in [0.717, 1.165) is 0 Å². The summed E-state index contributed by atoms with van der Waals surface area (Å²) in [4.78, 5) is 0. The van der Waals surface area contributed by atoms with Gasteiger partial charge in [-0.15, -0.1) is 0 Å². The SMILES string of the molecule is [CH3-].[Y].[Y].[Y].[Y].[Y].[Y].[Y].[Y].[Y].[Y].[Y].[Y].[Y].[Y].[Y].[Y].[Y].[Y].[Y].[Y].[Y].[Y]. The molecule has 0 heterocycles. The molecule has 0 spiro atoms. The van der Waals surface area contributed by atoms with Crippen LogP contribution < -0.4 is 0 Å². The van der Waals surface area contributed by atoms with Gasteiger partial charge in [0.25, 0.3) is 0 Å². The fraction of sp³-hybridized carbons (Fsp3) is 0. The summed E-state index contributed by atoms with van der Waals surface area (Å²) in [6, 6.07) is 0. The summed E-state index contributed by atoms with van der Waals surface area (Å²) in [5, 5.41) is 0. The van der Waals surface area contributed by atoms with Crippen molar-refractivity contribution in [3.63, 3.8) is 0 Å². The third kappa shape index (κ3) is 154. The van der Waals surface area contributed by atoms with Crippen molar-refractivity contribution in [2.45, 2.75) is 0 Å². The molecule has 74 valence electrons. The normalized spacial score (nSPS) is 0. The predicted octanol–water partition coefficient (Wildman–Crippen LogP) is 0.395. The van der Waals surface area contributed by atoms with E-state index >= 15 is 0 Å². The molecule has 0 nitrogen and oxygen atoms in total. The zero-order valence-electron chi connectivity index (χ0n) is 13.7. The number of rotatable bonds is 0. The van der Waals surface area contributed by atoms with Gasteiger partial charge in [0, 0.05) is 720 Å². The molecule has 0 saturated carbocycles. The molecule has 0 saturated heterocycles. The third-order valence-electron chi connectivity index (χ3n) is 0. The molecule has 0 fully saturated rings. The molecule has 0 rings (SSSR count). The van der Waals surface area contributed by atoms with Crippen LogP contribution in [0.5, 0.6) is 0 Å². The molecule has 0 aliphatic carbocycles. The standard InChI is InChI=1S/CH3.22Y/h1H3;;;;;;;;;;;;;;;;;;;;;;/q-1;;;;;;;;;;;;;;;;;;;;;;. The van der Waals surface area contributed by atoms with Crippen LogP contribution in [0.2, 0.25) is 0 Å². The van der Waals surface area contributed by atoms with Crippen LogP contribution in [0.3, 0.4) is 0 Å². The summed E-state index contributed by atoms with van der Waals surface area (Å²) >= 11 is 0. The molecule has 0 atom stereocenters. The molecule has 0 amide bonds. The Hall–Kier alpha value is 24.3. The van der Waals surface area contributed by atoms with E-state index in [1.807, 2.05) is 0 Å². The van der Waals surface area contributed by atoms with Crippen LogP contribution in [0, 0.1) is 7.43 Å². The number of hydrogen-bond donors (Lipinski definition) is 0. The Balaban J connectivity index is 0. The fourth-order valence-corrected chi connectivity index (χ4v) is 0. The van der Waals surface area contributed by atoms with E-state index in [4.69, 9.17) is 0 Å². The minimum absolute atomic E-state index is 0. The van der Waals surface area contributed by atoms with Gasteiger partial charge in [-0.2, -0.15) is 0 Å². The van der Waals surface area contributed by atoms with Crippen molar-refractivity contribution in [2.75, 3.05) is 0 Å². The van der Waals surface area contributed by atoms with Crippen molar-refractivity contribution in [1.82, 2.24) is 0 Å². The summed E-state index contributed by atoms with van der Waals surface area (Å²) in [6.45, 7) is 0. The van der Waals surface area contributed by atoms with Gasteiger partial charge in [0.1, 0.15) is 0 Å². The van der Waals surface area contributed by atoms with Gasteiger partial charge in [-0.1, -0.05) is 0 Å². The van der Waals surface area contributed by atoms with Crippen LogP contribution in [0.4, 0.5) is 0 Å². The van der Waals surface area contributed by atoms with Gasteiger partial charge >= 0.3 is 0 Å². The van der Waals surface area contributed by atoms with Crippen LogP contribution >= 0.6 is 0 Å². The first-order chi connectivity index (χ1) is 0. The quantitative estimate of drug-likeness (QED) is 0.309. The Morgan fingerprint density at radius 2 is 0.0870 bits per heavy atom. The molecular weight excluding hydrogens is 1970 g/mol. The molecule has 0 bridgehead atoms. The van der Waals surface area contributed by atoms with E-state index in [2.05, 4.69) is 0 Å². The average Bonchev–Trinajstić information content (AvgIpc) is 0. The Labute approximate surface area is 699 Å². The Kier molecular flexibility index (Phi) is 1200. The Morgan fingerprint density at radius 1 is 0.0870 bits per heavy atom. The van der Waals surface area contributed by atoms with Gasteiger partial charge in [-0.3, -0.25) is 0 Å². The summed E-state index contributed by atoms with van der Waals surface area (Å²) < 4.78 is 0. The third-order valence-corrected chi connectivity index (χ3v) is 0. The fourth-order valence-electron chi connectivity index (χ4n) is 0. The molecule has 22 radical (unpaired) electrons. The van der Waals surface area contributed by atoms with Crippen molar-refractivity contribution in [1.29, 1.82) is 0 Å². The summed E-state index contributed by atoms with van der Waals surface area (Å²) in [6.07, 6.45) is 0. The predicted molar refractivity (Wildman–Crippen MR) is 6.41 cm³/mol. The van der Waals surface area contributed by atoms with Gasteiger partial charge in [0.15, 0.2) is 0 Å². The van der Waals surface area contributed by atoms with E-state index < -0.39 is 0 Å². The van der Waals surface area contributed by atoms with E-state index in [1.54, 1.807) is 0 Å². The van der Waals surface area contributed by atoms with Crippen molar-refractivity contribution < 1.29 is 720 Å². The zero-order chi connectivity index (χ0) is 0. The van der Waals surface area contributed by atoms with E-state index in [9.17, 15) is 0 Å². The maximum absolute atomic E-state index is 0. The van der Waals surface area contributed by atoms with Crippen molar-refractivity contribution >= 4 is 0 Å². The van der Waals surface area contributed by atoms with E-state index in [0.29, 0.717) is 0 Å². The zero-order valence-corrected chi connectivity index (χ0v) is 76.1. The summed E-state index contributed by atoms with van der Waals surface area (Å²) in [5.41, 5.74) is 0. The van der Waals surface area contributed by atoms with Crippen molar-refractivity contribution in [2.24, 2.45) is 0 Å². The minimum Gasteiger partial charge on any atom is -0.358 e. The first-order valence-electron chi connectivity index (χ1n) is 0. The smallest absolute Gasteiger partial charge is 0 e. The van der Waals surface area contributed by atoms with E-state index in [-0.39, 0.29) is 727 Å². The molecule has 0 aromatic carbocycles. The van der Waals surface area contributed by atoms with Crippen LogP contribution in [0.25, 0.3) is 0 Å². The van der Waals surface area contributed by atoms with Gasteiger partial charge in [-0.05, 0) is 0 Å². The average molecular weight is 1970 g/mol. The maximum Gasteiger partial charge on any atom is 0 e. The number of hydrogen-bond acceptors (Lipinski definition) is 0. The molecule has 0 aromatic rings. The molecule has 22 heteroatoms. The molecule has 0 N–H and O–H groups in total. The van der Waals surface area contributed by atoms with Crippen LogP contribution in [-0.4, -0.2) is 0 Å². The second-order valence-electron chi connectivity index (χ2n) is 0. The van der Waals surface area contributed by atoms with Gasteiger partial charge in [0.2, 0.25) is 0 Å². The molecular formula is CH3Y22-. The summed E-state index contributed by atoms with van der Waals surface area (Å²) in [5.74, 6) is 0.